The van der Waals surface area contributed by atoms with Crippen LogP contribution in [0, 0.1) is 0 Å². The molecule has 0 aliphatic heterocycles. The van der Waals surface area contributed by atoms with E-state index >= 15 is 0 Å². The summed E-state index contributed by atoms with van der Waals surface area (Å²) in [5.74, 6) is 2.67. The van der Waals surface area contributed by atoms with Crippen LogP contribution in [-0.2, 0) is 5.88 Å². The number of rotatable bonds is 6. The van der Waals surface area contributed by atoms with Crippen molar-refractivity contribution in [1.29, 1.82) is 0 Å². The van der Waals surface area contributed by atoms with E-state index in [1.807, 2.05) is 43.3 Å². The van der Waals surface area contributed by atoms with Crippen molar-refractivity contribution in [2.75, 3.05) is 6.61 Å². The molecule has 1 aromatic heterocycles. The van der Waals surface area contributed by atoms with Gasteiger partial charge in [-0.15, -0.1) is 11.6 Å². The lowest BCUT2D eigenvalue weighted by molar-refractivity contribution is 0.319. The Morgan fingerprint density at radius 2 is 1.86 bits per heavy atom. The molecule has 2 aromatic rings. The fraction of sp³-hybridized carbons (Fsp3) is 0.353. The molecule has 0 N–H and O–H groups in total. The van der Waals surface area contributed by atoms with Crippen LogP contribution in [0.2, 0.25) is 0 Å². The average molecular weight is 306 g/mol. The highest BCUT2D eigenvalue weighted by atomic mass is 35.5. The van der Waals surface area contributed by atoms with Crippen LogP contribution < -0.4 is 9.47 Å². The lowest BCUT2D eigenvalue weighted by atomic mass is 10.1. The molecule has 0 radical (unpaired) electrons. The maximum Gasteiger partial charge on any atom is 0.219 e. The highest BCUT2D eigenvalue weighted by Crippen LogP contribution is 2.31. The quantitative estimate of drug-likeness (QED) is 0.693. The van der Waals surface area contributed by atoms with Crippen molar-refractivity contribution < 1.29 is 9.47 Å². The molecular formula is C17H20ClNO2. The molecule has 0 bridgehead atoms. The largest absolute Gasteiger partial charge is 0.490 e. The molecule has 2 rings (SSSR count). The molecule has 1 aromatic carbocycles. The Labute approximate surface area is 130 Å². The maximum absolute atomic E-state index is 5.95. The van der Waals surface area contributed by atoms with E-state index in [1.165, 1.54) is 0 Å². The number of pyridine rings is 1. The Bertz CT molecular complexity index is 599. The Balaban J connectivity index is 2.32. The van der Waals surface area contributed by atoms with Crippen LogP contribution in [-0.4, -0.2) is 11.6 Å². The molecule has 3 nitrogen and oxygen atoms in total. The third kappa shape index (κ3) is 4.11. The molecule has 0 atom stereocenters. The van der Waals surface area contributed by atoms with Gasteiger partial charge in [0, 0.05) is 17.6 Å². The van der Waals surface area contributed by atoms with Gasteiger partial charge in [-0.2, -0.15) is 0 Å². The van der Waals surface area contributed by atoms with Crippen molar-refractivity contribution >= 4 is 11.6 Å². The zero-order chi connectivity index (χ0) is 15.2. The van der Waals surface area contributed by atoms with E-state index < -0.39 is 0 Å². The van der Waals surface area contributed by atoms with Crippen molar-refractivity contribution in [1.82, 2.24) is 4.98 Å². The maximum atomic E-state index is 5.95. The van der Waals surface area contributed by atoms with E-state index in [-0.39, 0.29) is 0 Å². The zero-order valence-electron chi connectivity index (χ0n) is 12.6. The first-order chi connectivity index (χ1) is 10.1. The van der Waals surface area contributed by atoms with Crippen molar-refractivity contribution in [3.8, 4) is 17.4 Å². The summed E-state index contributed by atoms with van der Waals surface area (Å²) < 4.78 is 11.5. The molecule has 1 heterocycles. The van der Waals surface area contributed by atoms with Gasteiger partial charge in [0.05, 0.1) is 6.61 Å². The van der Waals surface area contributed by atoms with Crippen LogP contribution in [0.15, 0.2) is 36.4 Å². The van der Waals surface area contributed by atoms with E-state index in [9.17, 15) is 0 Å². The number of hydrogen-bond acceptors (Lipinski definition) is 3. The molecule has 0 unspecified atom stereocenters. The standard InChI is InChI=1S/C17H20ClNO2/c1-4-20-15-7-5-6-8-16(15)21-17-10-13(11-18)9-14(19-17)12(2)3/h5-10,12H,4,11H2,1-3H3. The van der Waals surface area contributed by atoms with Gasteiger partial charge in [0.1, 0.15) is 0 Å². The van der Waals surface area contributed by atoms with Crippen LogP contribution in [0.5, 0.6) is 17.4 Å². The predicted octanol–water partition coefficient (Wildman–Crippen LogP) is 5.13. The molecule has 112 valence electrons. The second-order valence-electron chi connectivity index (χ2n) is 5.01. The summed E-state index contributed by atoms with van der Waals surface area (Å²) in [6.07, 6.45) is 0. The van der Waals surface area contributed by atoms with Crippen LogP contribution in [0.3, 0.4) is 0 Å². The molecule has 0 spiro atoms. The summed E-state index contributed by atoms with van der Waals surface area (Å²) >= 11 is 5.95. The third-order valence-corrected chi connectivity index (χ3v) is 3.30. The number of benzene rings is 1. The van der Waals surface area contributed by atoms with Crippen molar-refractivity contribution in [2.45, 2.75) is 32.6 Å². The first-order valence-electron chi connectivity index (χ1n) is 7.10. The summed E-state index contributed by atoms with van der Waals surface area (Å²) in [4.78, 5) is 4.54. The summed E-state index contributed by atoms with van der Waals surface area (Å²) in [5, 5.41) is 0. The average Bonchev–Trinajstić information content (AvgIpc) is 2.49. The van der Waals surface area contributed by atoms with E-state index in [4.69, 9.17) is 21.1 Å². The Morgan fingerprint density at radius 3 is 2.48 bits per heavy atom. The Morgan fingerprint density at radius 1 is 1.14 bits per heavy atom. The SMILES string of the molecule is CCOc1ccccc1Oc1cc(CCl)cc(C(C)C)n1. The minimum Gasteiger partial charge on any atom is -0.490 e. The fourth-order valence-electron chi connectivity index (χ4n) is 1.93. The second kappa shape index (κ2) is 7.32. The molecule has 0 aliphatic rings. The van der Waals surface area contributed by atoms with Crippen molar-refractivity contribution in [3.05, 3.63) is 47.7 Å². The van der Waals surface area contributed by atoms with Crippen LogP contribution in [0.1, 0.15) is 37.9 Å². The van der Waals surface area contributed by atoms with Gasteiger partial charge in [-0.1, -0.05) is 26.0 Å². The van der Waals surface area contributed by atoms with Gasteiger partial charge in [0.15, 0.2) is 11.5 Å². The molecular weight excluding hydrogens is 286 g/mol. The summed E-state index contributed by atoms with van der Waals surface area (Å²) in [6, 6.07) is 11.5. The third-order valence-electron chi connectivity index (χ3n) is 2.99. The van der Waals surface area contributed by atoms with Crippen LogP contribution in [0.4, 0.5) is 0 Å². The van der Waals surface area contributed by atoms with Gasteiger partial charge in [0.2, 0.25) is 5.88 Å². The van der Waals surface area contributed by atoms with E-state index in [1.54, 1.807) is 0 Å². The van der Waals surface area contributed by atoms with Crippen LogP contribution in [0.25, 0.3) is 0 Å². The number of para-hydroxylation sites is 2. The normalized spacial score (nSPS) is 10.7. The fourth-order valence-corrected chi connectivity index (χ4v) is 2.08. The Kier molecular flexibility index (Phi) is 5.45. The molecule has 0 amide bonds. The summed E-state index contributed by atoms with van der Waals surface area (Å²) in [7, 11) is 0. The topological polar surface area (TPSA) is 31.4 Å². The molecule has 0 aliphatic carbocycles. The molecule has 21 heavy (non-hydrogen) atoms. The lowest BCUT2D eigenvalue weighted by Gasteiger charge is -2.13. The van der Waals surface area contributed by atoms with E-state index in [2.05, 4.69) is 18.8 Å². The van der Waals surface area contributed by atoms with Crippen molar-refractivity contribution in [2.24, 2.45) is 0 Å². The smallest absolute Gasteiger partial charge is 0.219 e. The zero-order valence-corrected chi connectivity index (χ0v) is 13.4. The predicted molar refractivity (Wildman–Crippen MR) is 85.6 cm³/mol. The van der Waals surface area contributed by atoms with E-state index in [0.717, 1.165) is 11.3 Å². The molecule has 4 heteroatoms. The minimum atomic E-state index is 0.317. The lowest BCUT2D eigenvalue weighted by Crippen LogP contribution is -1.99. The number of halogens is 1. The number of nitrogens with zero attached hydrogens (tertiary/aromatic N) is 1. The number of hydrogen-bond donors (Lipinski definition) is 0. The monoisotopic (exact) mass is 305 g/mol. The molecule has 0 fully saturated rings. The Hall–Kier alpha value is -1.74. The van der Waals surface area contributed by atoms with E-state index in [0.29, 0.717) is 35.8 Å². The number of aromatic nitrogens is 1. The molecule has 0 saturated carbocycles. The van der Waals surface area contributed by atoms with Gasteiger partial charge in [-0.05, 0) is 36.6 Å². The van der Waals surface area contributed by atoms with Gasteiger partial charge >= 0.3 is 0 Å². The number of alkyl halides is 1. The first kappa shape index (κ1) is 15.6. The summed E-state index contributed by atoms with van der Waals surface area (Å²) in [5.41, 5.74) is 1.97. The van der Waals surface area contributed by atoms with Gasteiger partial charge in [-0.25, -0.2) is 4.98 Å². The number of ether oxygens (including phenoxy) is 2. The minimum absolute atomic E-state index is 0.317. The van der Waals surface area contributed by atoms with Gasteiger partial charge in [0.25, 0.3) is 0 Å². The second-order valence-corrected chi connectivity index (χ2v) is 5.28. The van der Waals surface area contributed by atoms with Gasteiger partial charge in [-0.3, -0.25) is 0 Å². The van der Waals surface area contributed by atoms with Crippen LogP contribution >= 0.6 is 11.6 Å². The highest BCUT2D eigenvalue weighted by Gasteiger charge is 2.10. The molecule has 0 saturated heterocycles. The van der Waals surface area contributed by atoms with Gasteiger partial charge < -0.3 is 9.47 Å². The first-order valence-corrected chi connectivity index (χ1v) is 7.64. The summed E-state index contributed by atoms with van der Waals surface area (Å²) in [6.45, 7) is 6.73. The highest BCUT2D eigenvalue weighted by molar-refractivity contribution is 6.17. The van der Waals surface area contributed by atoms with Crippen molar-refractivity contribution in [3.63, 3.8) is 0 Å².